The number of amides is 1. The molecule has 1 aromatic rings. The highest BCUT2D eigenvalue weighted by molar-refractivity contribution is 5.95. The van der Waals surface area contributed by atoms with Gasteiger partial charge in [-0.2, -0.15) is 0 Å². The van der Waals surface area contributed by atoms with Crippen molar-refractivity contribution in [3.8, 4) is 11.5 Å². The number of hydrogen-bond acceptors (Lipinski definition) is 3. The molecule has 0 atom stereocenters. The quantitative estimate of drug-likeness (QED) is 0.357. The van der Waals surface area contributed by atoms with Gasteiger partial charge in [-0.25, -0.2) is 0 Å². The van der Waals surface area contributed by atoms with Gasteiger partial charge in [-0.15, -0.1) is 0 Å². The summed E-state index contributed by atoms with van der Waals surface area (Å²) in [5.41, 5.74) is 1.01. The predicted molar refractivity (Wildman–Crippen MR) is 129 cm³/mol. The first-order chi connectivity index (χ1) is 14.8. The van der Waals surface area contributed by atoms with E-state index in [9.17, 15) is 4.79 Å². The van der Waals surface area contributed by atoms with Gasteiger partial charge >= 0.3 is 0 Å². The van der Waals surface area contributed by atoms with Crippen molar-refractivity contribution in [1.29, 1.82) is 0 Å². The maximum absolute atomic E-state index is 12.9. The largest absolute Gasteiger partial charge is 0.490 e. The summed E-state index contributed by atoms with van der Waals surface area (Å²) in [4.78, 5) is 12.9. The fourth-order valence-corrected chi connectivity index (χ4v) is 4.32. The highest BCUT2D eigenvalue weighted by Crippen LogP contribution is 2.38. The summed E-state index contributed by atoms with van der Waals surface area (Å²) >= 11 is 0. The molecule has 0 radical (unpaired) electrons. The number of carbonyl (C=O) groups is 1. The summed E-state index contributed by atoms with van der Waals surface area (Å²) in [6, 6.07) is 5.89. The van der Waals surface area contributed by atoms with Gasteiger partial charge in [0.05, 0.1) is 13.2 Å². The lowest BCUT2D eigenvalue weighted by Crippen LogP contribution is -2.39. The zero-order chi connectivity index (χ0) is 22.7. The molecule has 4 heteroatoms. The van der Waals surface area contributed by atoms with Crippen molar-refractivity contribution >= 4 is 5.91 Å². The molecule has 0 saturated heterocycles. The fraction of sp³-hybridized carbons (Fsp3) is 0.741. The summed E-state index contributed by atoms with van der Waals surface area (Å²) in [5.74, 6) is 2.18. The molecule has 1 aliphatic carbocycles. The average molecular weight is 432 g/mol. The van der Waals surface area contributed by atoms with E-state index in [0.29, 0.717) is 29.9 Å². The summed E-state index contributed by atoms with van der Waals surface area (Å²) < 4.78 is 12.0. The number of rotatable bonds is 12. The van der Waals surface area contributed by atoms with E-state index in [2.05, 4.69) is 39.9 Å². The highest BCUT2D eigenvalue weighted by atomic mass is 16.5. The molecule has 0 aliphatic heterocycles. The number of benzene rings is 1. The molecule has 1 aliphatic rings. The van der Waals surface area contributed by atoms with Gasteiger partial charge in [0.1, 0.15) is 0 Å². The minimum Gasteiger partial charge on any atom is -0.490 e. The van der Waals surface area contributed by atoms with Crippen molar-refractivity contribution in [3.05, 3.63) is 23.8 Å². The zero-order valence-electron chi connectivity index (χ0n) is 20.6. The number of hydrogen-bond donors (Lipinski definition) is 1. The van der Waals surface area contributed by atoms with Gasteiger partial charge in [-0.3, -0.25) is 4.79 Å². The van der Waals surface area contributed by atoms with Crippen molar-refractivity contribution in [1.82, 2.24) is 5.32 Å². The molecule has 0 heterocycles. The topological polar surface area (TPSA) is 47.6 Å². The summed E-state index contributed by atoms with van der Waals surface area (Å²) in [5, 5.41) is 3.25. The monoisotopic (exact) mass is 431 g/mol. The average Bonchev–Trinajstić information content (AvgIpc) is 2.74. The number of unbranched alkanes of at least 4 members (excludes halogenated alkanes) is 4. The van der Waals surface area contributed by atoms with Crippen LogP contribution in [0.5, 0.6) is 11.5 Å². The first kappa shape index (κ1) is 25.5. The summed E-state index contributed by atoms with van der Waals surface area (Å²) in [6.45, 7) is 12.7. The maximum Gasteiger partial charge on any atom is 0.251 e. The Hall–Kier alpha value is -1.71. The van der Waals surface area contributed by atoms with E-state index in [4.69, 9.17) is 9.47 Å². The minimum absolute atomic E-state index is 0.00449. The second-order valence-electron chi connectivity index (χ2n) is 10.2. The standard InChI is InChI=1S/C27H45NO3/c1-6-8-10-18-30-24-17-12-21(20-25(24)31-19-11-9-7-2)26(29)28-23-15-13-22(14-16-23)27(3,4)5/h12,17,20,22-23H,6-11,13-16,18-19H2,1-5H3,(H,28,29). The van der Waals surface area contributed by atoms with Crippen molar-refractivity contribution in [2.45, 2.75) is 105 Å². The minimum atomic E-state index is -0.00449. The van der Waals surface area contributed by atoms with Crippen LogP contribution in [0.4, 0.5) is 0 Å². The lowest BCUT2D eigenvalue weighted by atomic mass is 9.71. The fourth-order valence-electron chi connectivity index (χ4n) is 4.32. The van der Waals surface area contributed by atoms with E-state index in [1.54, 1.807) is 0 Å². The number of carbonyl (C=O) groups excluding carboxylic acids is 1. The Labute approximate surface area is 190 Å². The molecule has 1 amide bonds. The van der Waals surface area contributed by atoms with E-state index in [0.717, 1.165) is 56.6 Å². The van der Waals surface area contributed by atoms with Crippen LogP contribution in [0.25, 0.3) is 0 Å². The van der Waals surface area contributed by atoms with Crippen LogP contribution in [0, 0.1) is 11.3 Å². The smallest absolute Gasteiger partial charge is 0.251 e. The second kappa shape index (κ2) is 13.0. The summed E-state index contributed by atoms with van der Waals surface area (Å²) in [6.07, 6.45) is 11.2. The Balaban J connectivity index is 1.97. The van der Waals surface area contributed by atoms with Crippen LogP contribution in [0.15, 0.2) is 18.2 Å². The lowest BCUT2D eigenvalue weighted by molar-refractivity contribution is 0.0903. The molecule has 2 rings (SSSR count). The second-order valence-corrected chi connectivity index (χ2v) is 10.2. The predicted octanol–water partition coefficient (Wildman–Crippen LogP) is 7.16. The number of ether oxygens (including phenoxy) is 2. The first-order valence-corrected chi connectivity index (χ1v) is 12.6. The lowest BCUT2D eigenvalue weighted by Gasteiger charge is -2.37. The van der Waals surface area contributed by atoms with Crippen molar-refractivity contribution in [2.24, 2.45) is 11.3 Å². The Morgan fingerprint density at radius 3 is 2.03 bits per heavy atom. The molecule has 0 spiro atoms. The molecule has 1 saturated carbocycles. The molecule has 31 heavy (non-hydrogen) atoms. The van der Waals surface area contributed by atoms with Gasteiger partial charge in [0.15, 0.2) is 11.5 Å². The van der Waals surface area contributed by atoms with Crippen molar-refractivity contribution in [3.63, 3.8) is 0 Å². The van der Waals surface area contributed by atoms with E-state index in [1.807, 2.05) is 18.2 Å². The van der Waals surface area contributed by atoms with Crippen LogP contribution in [0.1, 0.15) is 109 Å². The highest BCUT2D eigenvalue weighted by Gasteiger charge is 2.30. The van der Waals surface area contributed by atoms with E-state index in [1.165, 1.54) is 19.3 Å². The molecule has 1 N–H and O–H groups in total. The molecule has 0 aromatic heterocycles. The molecular formula is C27H45NO3. The molecular weight excluding hydrogens is 386 g/mol. The van der Waals surface area contributed by atoms with Crippen LogP contribution in [-0.4, -0.2) is 25.2 Å². The summed E-state index contributed by atoms with van der Waals surface area (Å²) in [7, 11) is 0. The SMILES string of the molecule is CCCCCOc1ccc(C(=O)NC2CCC(C(C)(C)C)CC2)cc1OCCCCC. The van der Waals surface area contributed by atoms with Crippen LogP contribution < -0.4 is 14.8 Å². The third-order valence-corrected chi connectivity index (χ3v) is 6.50. The van der Waals surface area contributed by atoms with Gasteiger partial charge < -0.3 is 14.8 Å². The van der Waals surface area contributed by atoms with Gasteiger partial charge in [0.25, 0.3) is 5.91 Å². The van der Waals surface area contributed by atoms with Gasteiger partial charge in [-0.1, -0.05) is 60.3 Å². The number of nitrogens with one attached hydrogen (secondary N) is 1. The molecule has 176 valence electrons. The van der Waals surface area contributed by atoms with Gasteiger partial charge in [-0.05, 0) is 68.1 Å². The molecule has 0 unspecified atom stereocenters. The Kier molecular flexibility index (Phi) is 10.7. The maximum atomic E-state index is 12.9. The van der Waals surface area contributed by atoms with Gasteiger partial charge in [0, 0.05) is 11.6 Å². The van der Waals surface area contributed by atoms with E-state index in [-0.39, 0.29) is 11.9 Å². The third-order valence-electron chi connectivity index (χ3n) is 6.50. The first-order valence-electron chi connectivity index (χ1n) is 12.6. The van der Waals surface area contributed by atoms with Crippen LogP contribution >= 0.6 is 0 Å². The van der Waals surface area contributed by atoms with E-state index < -0.39 is 0 Å². The molecule has 0 bridgehead atoms. The van der Waals surface area contributed by atoms with Crippen LogP contribution in [-0.2, 0) is 0 Å². The molecule has 1 fully saturated rings. The van der Waals surface area contributed by atoms with Crippen LogP contribution in [0.3, 0.4) is 0 Å². The van der Waals surface area contributed by atoms with Crippen LogP contribution in [0.2, 0.25) is 0 Å². The molecule has 1 aromatic carbocycles. The van der Waals surface area contributed by atoms with E-state index >= 15 is 0 Å². The Morgan fingerprint density at radius 1 is 0.903 bits per heavy atom. The molecule has 4 nitrogen and oxygen atoms in total. The normalized spacial score (nSPS) is 19.1. The third kappa shape index (κ3) is 8.74. The van der Waals surface area contributed by atoms with Crippen molar-refractivity contribution < 1.29 is 14.3 Å². The Morgan fingerprint density at radius 2 is 1.48 bits per heavy atom. The van der Waals surface area contributed by atoms with Crippen molar-refractivity contribution in [2.75, 3.05) is 13.2 Å². The Bertz CT molecular complexity index is 657. The zero-order valence-corrected chi connectivity index (χ0v) is 20.6. The van der Waals surface area contributed by atoms with Gasteiger partial charge in [0.2, 0.25) is 0 Å².